The average Bonchev–Trinajstić information content (AvgIpc) is 3.19. The molecule has 0 bridgehead atoms. The van der Waals surface area contributed by atoms with E-state index in [2.05, 4.69) is 24.4 Å². The van der Waals surface area contributed by atoms with Crippen molar-refractivity contribution >= 4 is 29.3 Å². The van der Waals surface area contributed by atoms with Crippen LogP contribution >= 0.6 is 11.8 Å². The molecule has 26 heavy (non-hydrogen) atoms. The number of anilines is 1. The van der Waals surface area contributed by atoms with Gasteiger partial charge < -0.3 is 5.32 Å². The van der Waals surface area contributed by atoms with Gasteiger partial charge in [0.05, 0.1) is 5.69 Å². The standard InChI is InChI=1S/C21H22N2O2S/c1-2-15(16-8-4-3-5-9-16)14-22-20(25)21-13-12-19(24)23(21)17-10-6-7-11-18(17)26-21/h3-11,15H,2,12-14H2,1H3,(H,22,25)/t15-,21+/m1/s1. The van der Waals surface area contributed by atoms with Gasteiger partial charge in [-0.1, -0.05) is 61.2 Å². The van der Waals surface area contributed by atoms with E-state index in [1.165, 1.54) is 17.3 Å². The fraction of sp³-hybridized carbons (Fsp3) is 0.333. The van der Waals surface area contributed by atoms with Crippen LogP contribution in [0.4, 0.5) is 5.69 Å². The Kier molecular flexibility index (Phi) is 4.49. The van der Waals surface area contributed by atoms with Crippen molar-refractivity contribution in [2.24, 2.45) is 0 Å². The third-order valence-corrected chi connectivity index (χ3v) is 6.78. The number of benzene rings is 2. The van der Waals surface area contributed by atoms with Crippen LogP contribution in [0.25, 0.3) is 0 Å². The van der Waals surface area contributed by atoms with Gasteiger partial charge in [-0.15, -0.1) is 0 Å². The van der Waals surface area contributed by atoms with Gasteiger partial charge in [0.15, 0.2) is 4.87 Å². The Morgan fingerprint density at radius 2 is 1.92 bits per heavy atom. The molecule has 1 saturated heterocycles. The van der Waals surface area contributed by atoms with E-state index in [9.17, 15) is 9.59 Å². The predicted octanol–water partition coefficient (Wildman–Crippen LogP) is 3.93. The second kappa shape index (κ2) is 6.80. The lowest BCUT2D eigenvalue weighted by Crippen LogP contribution is -2.53. The molecular formula is C21H22N2O2S. The van der Waals surface area contributed by atoms with Crippen LogP contribution in [0.3, 0.4) is 0 Å². The van der Waals surface area contributed by atoms with Gasteiger partial charge >= 0.3 is 0 Å². The molecule has 2 aliphatic heterocycles. The van der Waals surface area contributed by atoms with Crippen molar-refractivity contribution in [3.05, 3.63) is 60.2 Å². The van der Waals surface area contributed by atoms with Crippen LogP contribution in [0, 0.1) is 0 Å². The summed E-state index contributed by atoms with van der Waals surface area (Å²) in [6.45, 7) is 2.72. The molecule has 0 unspecified atom stereocenters. The molecule has 2 aromatic rings. The highest BCUT2D eigenvalue weighted by Gasteiger charge is 2.57. The summed E-state index contributed by atoms with van der Waals surface area (Å²) in [7, 11) is 0. The predicted molar refractivity (Wildman–Crippen MR) is 104 cm³/mol. The van der Waals surface area contributed by atoms with Crippen molar-refractivity contribution in [2.45, 2.75) is 41.9 Å². The van der Waals surface area contributed by atoms with Crippen LogP contribution in [-0.4, -0.2) is 23.2 Å². The Balaban J connectivity index is 1.54. The van der Waals surface area contributed by atoms with E-state index in [0.29, 0.717) is 19.4 Å². The zero-order valence-electron chi connectivity index (χ0n) is 14.8. The Morgan fingerprint density at radius 1 is 1.19 bits per heavy atom. The van der Waals surface area contributed by atoms with Crippen molar-refractivity contribution in [3.8, 4) is 0 Å². The number of thioether (sulfide) groups is 1. The number of para-hydroxylation sites is 1. The van der Waals surface area contributed by atoms with Gasteiger partial charge in [0, 0.05) is 23.8 Å². The molecule has 0 aromatic heterocycles. The molecule has 2 amide bonds. The van der Waals surface area contributed by atoms with Gasteiger partial charge in [-0.05, 0) is 30.5 Å². The van der Waals surface area contributed by atoms with Gasteiger partial charge in [-0.3, -0.25) is 14.5 Å². The Hall–Kier alpha value is -2.27. The lowest BCUT2D eigenvalue weighted by molar-refractivity contribution is -0.124. The maximum Gasteiger partial charge on any atom is 0.257 e. The van der Waals surface area contributed by atoms with Gasteiger partial charge in [-0.2, -0.15) is 0 Å². The summed E-state index contributed by atoms with van der Waals surface area (Å²) in [6, 6.07) is 18.0. The number of hydrogen-bond acceptors (Lipinski definition) is 3. The van der Waals surface area contributed by atoms with Crippen molar-refractivity contribution in [2.75, 3.05) is 11.4 Å². The first-order chi connectivity index (χ1) is 12.7. The van der Waals surface area contributed by atoms with Crippen molar-refractivity contribution in [1.29, 1.82) is 0 Å². The van der Waals surface area contributed by atoms with Crippen LogP contribution in [0.5, 0.6) is 0 Å². The summed E-state index contributed by atoms with van der Waals surface area (Å²) in [5, 5.41) is 3.14. The second-order valence-corrected chi connectivity index (χ2v) is 8.13. The molecule has 0 radical (unpaired) electrons. The lowest BCUT2D eigenvalue weighted by atomic mass is 9.96. The number of nitrogens with zero attached hydrogens (tertiary/aromatic N) is 1. The topological polar surface area (TPSA) is 49.4 Å². The minimum Gasteiger partial charge on any atom is -0.353 e. The number of carbonyl (C=O) groups is 2. The molecule has 5 heteroatoms. The fourth-order valence-corrected chi connectivity index (χ4v) is 5.31. The fourth-order valence-electron chi connectivity index (χ4n) is 3.88. The first kappa shape index (κ1) is 17.2. The summed E-state index contributed by atoms with van der Waals surface area (Å²) in [5.74, 6) is 0.252. The van der Waals surface area contributed by atoms with Gasteiger partial charge in [0.2, 0.25) is 5.91 Å². The van der Waals surface area contributed by atoms with Gasteiger partial charge in [-0.25, -0.2) is 0 Å². The molecular weight excluding hydrogens is 344 g/mol. The summed E-state index contributed by atoms with van der Waals surface area (Å²) >= 11 is 1.51. The zero-order valence-corrected chi connectivity index (χ0v) is 15.6. The van der Waals surface area contributed by atoms with Crippen molar-refractivity contribution in [3.63, 3.8) is 0 Å². The molecule has 0 saturated carbocycles. The van der Waals surface area contributed by atoms with Crippen LogP contribution in [-0.2, 0) is 9.59 Å². The third kappa shape index (κ3) is 2.71. The second-order valence-electron chi connectivity index (χ2n) is 6.81. The van der Waals surface area contributed by atoms with E-state index in [0.717, 1.165) is 17.0 Å². The van der Waals surface area contributed by atoms with Crippen LogP contribution in [0.1, 0.15) is 37.7 Å². The van der Waals surface area contributed by atoms with E-state index >= 15 is 0 Å². The molecule has 2 heterocycles. The normalized spacial score (nSPS) is 22.0. The quantitative estimate of drug-likeness (QED) is 0.872. The lowest BCUT2D eigenvalue weighted by Gasteiger charge is -2.30. The maximum atomic E-state index is 13.2. The third-order valence-electron chi connectivity index (χ3n) is 5.30. The average molecular weight is 366 g/mol. The van der Waals surface area contributed by atoms with Crippen molar-refractivity contribution in [1.82, 2.24) is 5.32 Å². The van der Waals surface area contributed by atoms with Crippen LogP contribution in [0.2, 0.25) is 0 Å². The Morgan fingerprint density at radius 3 is 2.69 bits per heavy atom. The highest BCUT2D eigenvalue weighted by Crippen LogP contribution is 2.55. The van der Waals surface area contributed by atoms with E-state index in [1.54, 1.807) is 4.90 Å². The molecule has 1 fully saturated rings. The number of rotatable bonds is 5. The van der Waals surface area contributed by atoms with E-state index < -0.39 is 4.87 Å². The van der Waals surface area contributed by atoms with E-state index in [-0.39, 0.29) is 17.7 Å². The highest BCUT2D eigenvalue weighted by molar-refractivity contribution is 8.02. The minimum atomic E-state index is -0.824. The molecule has 134 valence electrons. The SMILES string of the molecule is CC[C@H](CNC(=O)[C@@]12CCC(=O)N1c1ccccc1S2)c1ccccc1. The number of hydrogen-bond donors (Lipinski definition) is 1. The van der Waals surface area contributed by atoms with Crippen LogP contribution < -0.4 is 10.2 Å². The smallest absolute Gasteiger partial charge is 0.257 e. The monoisotopic (exact) mass is 366 g/mol. The molecule has 0 spiro atoms. The van der Waals surface area contributed by atoms with Crippen molar-refractivity contribution < 1.29 is 9.59 Å². The van der Waals surface area contributed by atoms with E-state index in [1.807, 2.05) is 42.5 Å². The number of carbonyl (C=O) groups excluding carboxylic acids is 2. The zero-order chi connectivity index (χ0) is 18.1. The first-order valence-electron chi connectivity index (χ1n) is 9.10. The summed E-state index contributed by atoms with van der Waals surface area (Å²) in [6.07, 6.45) is 1.93. The number of amides is 2. The van der Waals surface area contributed by atoms with E-state index in [4.69, 9.17) is 0 Å². The summed E-state index contributed by atoms with van der Waals surface area (Å²) in [5.41, 5.74) is 2.10. The van der Waals surface area contributed by atoms with Crippen LogP contribution in [0.15, 0.2) is 59.5 Å². The molecule has 2 aliphatic rings. The molecule has 0 aliphatic carbocycles. The molecule has 2 aromatic carbocycles. The highest BCUT2D eigenvalue weighted by atomic mass is 32.2. The molecule has 2 atom stereocenters. The minimum absolute atomic E-state index is 0.0349. The van der Waals surface area contributed by atoms with Gasteiger partial charge in [0.1, 0.15) is 0 Å². The summed E-state index contributed by atoms with van der Waals surface area (Å²) in [4.78, 5) is 27.6. The summed E-state index contributed by atoms with van der Waals surface area (Å²) < 4.78 is 0. The first-order valence-corrected chi connectivity index (χ1v) is 9.91. The largest absolute Gasteiger partial charge is 0.353 e. The number of fused-ring (bicyclic) bond motifs is 3. The molecule has 4 nitrogen and oxygen atoms in total. The number of nitrogens with one attached hydrogen (secondary N) is 1. The van der Waals surface area contributed by atoms with Gasteiger partial charge in [0.25, 0.3) is 5.91 Å². The maximum absolute atomic E-state index is 13.2. The molecule has 4 rings (SSSR count). The Bertz CT molecular complexity index is 839. The Labute approximate surface area is 158 Å². The molecule has 1 N–H and O–H groups in total.